The maximum atomic E-state index is 12.0. The van der Waals surface area contributed by atoms with Gasteiger partial charge >= 0.3 is 0 Å². The minimum Gasteiger partial charge on any atom is -0.368 e. The molecule has 4 nitrogen and oxygen atoms in total. The van der Waals surface area contributed by atoms with E-state index in [4.69, 9.17) is 10.5 Å². The number of ether oxygens (including phenoxy) is 1. The fourth-order valence-corrected chi connectivity index (χ4v) is 1.99. The van der Waals surface area contributed by atoms with Crippen LogP contribution in [0, 0.1) is 18.8 Å². The molecule has 100 valence electrons. The summed E-state index contributed by atoms with van der Waals surface area (Å²) in [6, 6.07) is 5.72. The molecule has 19 heavy (non-hydrogen) atoms. The summed E-state index contributed by atoms with van der Waals surface area (Å²) in [5.74, 6) is 5.68. The molecule has 1 aliphatic heterocycles. The first-order valence-corrected chi connectivity index (χ1v) is 6.43. The van der Waals surface area contributed by atoms with Crippen molar-refractivity contribution in [3.05, 3.63) is 29.3 Å². The summed E-state index contributed by atoms with van der Waals surface area (Å²) in [6.45, 7) is 2.94. The Labute approximate surface area is 113 Å². The van der Waals surface area contributed by atoms with E-state index >= 15 is 0 Å². The van der Waals surface area contributed by atoms with Gasteiger partial charge in [-0.3, -0.25) is 4.79 Å². The van der Waals surface area contributed by atoms with Crippen molar-refractivity contribution in [1.29, 1.82) is 0 Å². The highest BCUT2D eigenvalue weighted by molar-refractivity contribution is 5.95. The highest BCUT2D eigenvalue weighted by Crippen LogP contribution is 2.19. The highest BCUT2D eigenvalue weighted by Gasteiger charge is 2.23. The lowest BCUT2D eigenvalue weighted by atomic mass is 10.1. The molecule has 3 N–H and O–H groups in total. The summed E-state index contributed by atoms with van der Waals surface area (Å²) in [7, 11) is 0. The number of aryl methyl sites for hydroxylation is 1. The molecule has 1 unspecified atom stereocenters. The van der Waals surface area contributed by atoms with Crippen molar-refractivity contribution >= 4 is 11.6 Å². The molecule has 1 fully saturated rings. The fourth-order valence-electron chi connectivity index (χ4n) is 1.99. The molecule has 1 amide bonds. The first-order valence-electron chi connectivity index (χ1n) is 6.43. The molecule has 0 bridgehead atoms. The summed E-state index contributed by atoms with van der Waals surface area (Å²) >= 11 is 0. The number of hydrogen-bond donors (Lipinski definition) is 2. The summed E-state index contributed by atoms with van der Waals surface area (Å²) in [5, 5.41) is 2.91. The number of nitrogens with one attached hydrogen (secondary N) is 1. The van der Waals surface area contributed by atoms with Gasteiger partial charge in [0.05, 0.1) is 6.54 Å². The van der Waals surface area contributed by atoms with E-state index in [1.165, 1.54) is 0 Å². The molecular weight excluding hydrogens is 240 g/mol. The molecule has 1 aromatic carbocycles. The SMILES string of the molecule is Cc1ccc(C#CCN)cc1NC(=O)C1CCCO1. The van der Waals surface area contributed by atoms with E-state index in [2.05, 4.69) is 17.2 Å². The van der Waals surface area contributed by atoms with Gasteiger partial charge in [0.2, 0.25) is 0 Å². The van der Waals surface area contributed by atoms with E-state index in [-0.39, 0.29) is 12.0 Å². The summed E-state index contributed by atoms with van der Waals surface area (Å²) in [6.07, 6.45) is 1.41. The molecule has 0 saturated carbocycles. The Balaban J connectivity index is 2.12. The number of anilines is 1. The van der Waals surface area contributed by atoms with Crippen molar-refractivity contribution in [2.75, 3.05) is 18.5 Å². The van der Waals surface area contributed by atoms with Crippen LogP contribution in [0.25, 0.3) is 0 Å². The Hall–Kier alpha value is -1.83. The minimum atomic E-state index is -0.321. The van der Waals surface area contributed by atoms with Crippen molar-refractivity contribution in [3.8, 4) is 11.8 Å². The average Bonchev–Trinajstić information content (AvgIpc) is 2.93. The number of benzene rings is 1. The van der Waals surface area contributed by atoms with E-state index in [1.807, 2.05) is 25.1 Å². The lowest BCUT2D eigenvalue weighted by Gasteiger charge is -2.12. The monoisotopic (exact) mass is 258 g/mol. The van der Waals surface area contributed by atoms with Crippen LogP contribution < -0.4 is 11.1 Å². The van der Waals surface area contributed by atoms with Gasteiger partial charge in [-0.05, 0) is 37.5 Å². The normalized spacial score (nSPS) is 17.7. The molecule has 0 radical (unpaired) electrons. The Morgan fingerprint density at radius 1 is 1.58 bits per heavy atom. The van der Waals surface area contributed by atoms with E-state index < -0.39 is 0 Å². The number of rotatable bonds is 2. The predicted octanol–water partition coefficient (Wildman–Crippen LogP) is 1.42. The second-order valence-electron chi connectivity index (χ2n) is 4.53. The van der Waals surface area contributed by atoms with Gasteiger partial charge in [-0.1, -0.05) is 17.9 Å². The lowest BCUT2D eigenvalue weighted by molar-refractivity contribution is -0.124. The first-order chi connectivity index (χ1) is 9.20. The zero-order valence-electron chi connectivity index (χ0n) is 11.0. The molecule has 0 aromatic heterocycles. The molecule has 1 saturated heterocycles. The van der Waals surface area contributed by atoms with Gasteiger partial charge in [0.1, 0.15) is 6.10 Å². The van der Waals surface area contributed by atoms with Crippen LogP contribution in [0.5, 0.6) is 0 Å². The first kappa shape index (κ1) is 13.6. The maximum absolute atomic E-state index is 12.0. The van der Waals surface area contributed by atoms with Crippen LogP contribution in [0.15, 0.2) is 18.2 Å². The summed E-state index contributed by atoms with van der Waals surface area (Å²) < 4.78 is 5.37. The van der Waals surface area contributed by atoms with Gasteiger partial charge in [-0.15, -0.1) is 0 Å². The zero-order valence-corrected chi connectivity index (χ0v) is 11.0. The van der Waals surface area contributed by atoms with Crippen LogP contribution in [0.2, 0.25) is 0 Å². The largest absolute Gasteiger partial charge is 0.368 e. The Bertz CT molecular complexity index is 523. The third-order valence-electron chi connectivity index (χ3n) is 3.05. The van der Waals surface area contributed by atoms with E-state index in [9.17, 15) is 4.79 Å². The number of amides is 1. The second kappa shape index (κ2) is 6.37. The second-order valence-corrected chi connectivity index (χ2v) is 4.53. The Morgan fingerprint density at radius 2 is 2.42 bits per heavy atom. The molecule has 2 rings (SSSR count). The molecule has 0 aliphatic carbocycles. The molecule has 1 aromatic rings. The number of carbonyl (C=O) groups is 1. The van der Waals surface area contributed by atoms with Crippen LogP contribution >= 0.6 is 0 Å². The zero-order chi connectivity index (χ0) is 13.7. The Morgan fingerprint density at radius 3 is 3.11 bits per heavy atom. The van der Waals surface area contributed by atoms with E-state index in [0.717, 1.165) is 29.7 Å². The van der Waals surface area contributed by atoms with Gasteiger partial charge < -0.3 is 15.8 Å². The highest BCUT2D eigenvalue weighted by atomic mass is 16.5. The van der Waals surface area contributed by atoms with E-state index in [0.29, 0.717) is 13.2 Å². The fraction of sp³-hybridized carbons (Fsp3) is 0.400. The van der Waals surface area contributed by atoms with Gasteiger partial charge in [-0.2, -0.15) is 0 Å². The predicted molar refractivity (Wildman–Crippen MR) is 74.7 cm³/mol. The molecule has 1 aliphatic rings. The van der Waals surface area contributed by atoms with E-state index in [1.54, 1.807) is 0 Å². The van der Waals surface area contributed by atoms with Crippen molar-refractivity contribution in [3.63, 3.8) is 0 Å². The summed E-state index contributed by atoms with van der Waals surface area (Å²) in [5.41, 5.74) is 7.98. The van der Waals surface area contributed by atoms with Gasteiger partial charge in [0.15, 0.2) is 0 Å². The molecule has 1 heterocycles. The van der Waals surface area contributed by atoms with Crippen LogP contribution in [-0.4, -0.2) is 25.2 Å². The van der Waals surface area contributed by atoms with Crippen molar-refractivity contribution in [2.24, 2.45) is 5.73 Å². The number of carbonyl (C=O) groups excluding carboxylic acids is 1. The van der Waals surface area contributed by atoms with Crippen LogP contribution in [0.3, 0.4) is 0 Å². The standard InChI is InChI=1S/C15H18N2O2/c1-11-6-7-12(4-2-8-16)10-13(11)17-15(18)14-5-3-9-19-14/h6-7,10,14H,3,5,8-9,16H2,1H3,(H,17,18). The quantitative estimate of drug-likeness (QED) is 0.789. The van der Waals surface area contributed by atoms with Crippen LogP contribution in [-0.2, 0) is 9.53 Å². The third-order valence-corrected chi connectivity index (χ3v) is 3.05. The molecule has 0 spiro atoms. The van der Waals surface area contributed by atoms with Crippen molar-refractivity contribution < 1.29 is 9.53 Å². The smallest absolute Gasteiger partial charge is 0.253 e. The van der Waals surface area contributed by atoms with Gasteiger partial charge in [0.25, 0.3) is 5.91 Å². The minimum absolute atomic E-state index is 0.0791. The topological polar surface area (TPSA) is 64.3 Å². The number of nitrogens with two attached hydrogens (primary N) is 1. The van der Waals surface area contributed by atoms with Crippen LogP contribution in [0.1, 0.15) is 24.0 Å². The number of hydrogen-bond acceptors (Lipinski definition) is 3. The Kier molecular flexibility index (Phi) is 4.56. The van der Waals surface area contributed by atoms with Crippen LogP contribution in [0.4, 0.5) is 5.69 Å². The summed E-state index contributed by atoms with van der Waals surface area (Å²) in [4.78, 5) is 12.0. The average molecular weight is 258 g/mol. The maximum Gasteiger partial charge on any atom is 0.253 e. The van der Waals surface area contributed by atoms with Crippen molar-refractivity contribution in [2.45, 2.75) is 25.9 Å². The van der Waals surface area contributed by atoms with Crippen molar-refractivity contribution in [1.82, 2.24) is 0 Å². The molecule has 1 atom stereocenters. The van der Waals surface area contributed by atoms with Gasteiger partial charge in [-0.25, -0.2) is 0 Å². The van der Waals surface area contributed by atoms with Gasteiger partial charge in [0, 0.05) is 17.9 Å². The lowest BCUT2D eigenvalue weighted by Crippen LogP contribution is -2.27. The molecule has 4 heteroatoms. The third kappa shape index (κ3) is 3.57. The molecular formula is C15H18N2O2.